The van der Waals surface area contributed by atoms with Crippen molar-refractivity contribution >= 4 is 11.9 Å². The molecule has 0 unspecified atom stereocenters. The molecule has 116 valence electrons. The van der Waals surface area contributed by atoms with Crippen LogP contribution < -0.4 is 10.6 Å². The second-order valence-corrected chi connectivity index (χ2v) is 5.59. The minimum absolute atomic E-state index is 0.124. The molecule has 2 heterocycles. The van der Waals surface area contributed by atoms with Crippen molar-refractivity contribution in [2.75, 3.05) is 18.4 Å². The smallest absolute Gasteiger partial charge is 0.317 e. The molecule has 1 amide bonds. The maximum absolute atomic E-state index is 12.4. The van der Waals surface area contributed by atoms with E-state index in [1.165, 1.54) is 0 Å². The van der Waals surface area contributed by atoms with Gasteiger partial charge in [-0.1, -0.05) is 0 Å². The molecular weight excluding hydrogens is 287 g/mol. The lowest BCUT2D eigenvalue weighted by Crippen LogP contribution is -2.29. The predicted octanol–water partition coefficient (Wildman–Crippen LogP) is 1.40. The first-order valence-electron chi connectivity index (χ1n) is 6.96. The summed E-state index contributed by atoms with van der Waals surface area (Å²) in [5.41, 5.74) is 0. The zero-order valence-electron chi connectivity index (χ0n) is 11.2. The molecule has 1 saturated carbocycles. The van der Waals surface area contributed by atoms with Crippen LogP contribution in [0.5, 0.6) is 0 Å². The van der Waals surface area contributed by atoms with Gasteiger partial charge in [-0.05, 0) is 44.2 Å². The summed E-state index contributed by atoms with van der Waals surface area (Å²) in [6, 6.07) is 0. The number of nitrogens with one attached hydrogen (secondary N) is 3. The lowest BCUT2D eigenvalue weighted by Gasteiger charge is -2.22. The Balaban J connectivity index is 1.54. The number of hydrogen-bond donors (Lipinski definition) is 3. The lowest BCUT2D eigenvalue weighted by atomic mass is 9.92. The molecule has 3 rings (SSSR count). The number of carbonyl (C=O) groups is 1. The van der Waals surface area contributed by atoms with E-state index < -0.39 is 12.0 Å². The number of carbonyl (C=O) groups excluding carboxylic acids is 1. The molecular formula is C12H16F3N5O. The summed E-state index contributed by atoms with van der Waals surface area (Å²) >= 11 is 0. The fourth-order valence-corrected chi connectivity index (χ4v) is 2.96. The molecule has 9 heteroatoms. The fraction of sp³-hybridized carbons (Fsp3) is 0.750. The second-order valence-electron chi connectivity index (χ2n) is 5.59. The number of alkyl halides is 3. The van der Waals surface area contributed by atoms with Crippen molar-refractivity contribution in [2.24, 2.45) is 17.8 Å². The van der Waals surface area contributed by atoms with Gasteiger partial charge in [0.05, 0.1) is 0 Å². The third kappa shape index (κ3) is 3.17. The van der Waals surface area contributed by atoms with E-state index in [4.69, 9.17) is 0 Å². The molecule has 0 radical (unpaired) electrons. The van der Waals surface area contributed by atoms with E-state index in [2.05, 4.69) is 20.7 Å². The molecule has 1 aliphatic heterocycles. The van der Waals surface area contributed by atoms with Crippen LogP contribution in [0.1, 0.15) is 25.1 Å². The number of aromatic nitrogens is 3. The highest BCUT2D eigenvalue weighted by molar-refractivity contribution is 5.92. The van der Waals surface area contributed by atoms with Crippen LogP contribution >= 0.6 is 0 Å². The molecule has 2 atom stereocenters. The molecule has 1 saturated heterocycles. The standard InChI is InChI=1S/C12H16F3N5O/c13-12(14,15)10-18-11(20-19-10)17-9(21)8-5-7(8)6-1-3-16-4-2-6/h6-8,16H,1-5H2,(H2,17,18,19,20,21)/t7-,8+/m0/s1. The Morgan fingerprint density at radius 3 is 2.62 bits per heavy atom. The predicted molar refractivity (Wildman–Crippen MR) is 67.2 cm³/mol. The van der Waals surface area contributed by atoms with Crippen molar-refractivity contribution in [3.8, 4) is 0 Å². The lowest BCUT2D eigenvalue weighted by molar-refractivity contribution is -0.144. The maximum atomic E-state index is 12.4. The summed E-state index contributed by atoms with van der Waals surface area (Å²) in [4.78, 5) is 15.2. The normalized spacial score (nSPS) is 26.6. The molecule has 21 heavy (non-hydrogen) atoms. The minimum atomic E-state index is -4.59. The maximum Gasteiger partial charge on any atom is 0.451 e. The first-order chi connectivity index (χ1) is 9.95. The van der Waals surface area contributed by atoms with Gasteiger partial charge in [0.2, 0.25) is 17.7 Å². The number of halogens is 3. The summed E-state index contributed by atoms with van der Waals surface area (Å²) in [6.07, 6.45) is -1.69. The highest BCUT2D eigenvalue weighted by Gasteiger charge is 2.47. The third-order valence-electron chi connectivity index (χ3n) is 4.15. The number of anilines is 1. The molecule has 0 bridgehead atoms. The quantitative estimate of drug-likeness (QED) is 0.788. The van der Waals surface area contributed by atoms with Gasteiger partial charge in [-0.2, -0.15) is 18.2 Å². The van der Waals surface area contributed by atoms with Gasteiger partial charge >= 0.3 is 6.18 Å². The summed E-state index contributed by atoms with van der Waals surface area (Å²) < 4.78 is 37.1. The van der Waals surface area contributed by atoms with E-state index in [1.54, 1.807) is 5.10 Å². The average Bonchev–Trinajstić information content (AvgIpc) is 3.11. The van der Waals surface area contributed by atoms with Gasteiger partial charge in [-0.15, -0.1) is 5.10 Å². The minimum Gasteiger partial charge on any atom is -0.317 e. The SMILES string of the molecule is O=C(Nc1n[nH]c(C(F)(F)F)n1)[C@@H]1C[C@H]1C1CCNCC1. The Morgan fingerprint density at radius 1 is 1.29 bits per heavy atom. The zero-order chi connectivity index (χ0) is 15.0. The molecule has 2 fully saturated rings. The first kappa shape index (κ1) is 14.3. The van der Waals surface area contributed by atoms with E-state index in [1.807, 2.05) is 0 Å². The van der Waals surface area contributed by atoms with E-state index in [-0.39, 0.29) is 17.8 Å². The van der Waals surface area contributed by atoms with Gasteiger partial charge in [0.1, 0.15) is 0 Å². The van der Waals surface area contributed by atoms with Crippen LogP contribution in [0, 0.1) is 17.8 Å². The van der Waals surface area contributed by atoms with Crippen molar-refractivity contribution in [1.29, 1.82) is 0 Å². The number of nitrogens with zero attached hydrogens (tertiary/aromatic N) is 2. The number of aromatic amines is 1. The molecule has 1 aliphatic carbocycles. The summed E-state index contributed by atoms with van der Waals surface area (Å²) in [5.74, 6) is -1.06. The number of H-pyrrole nitrogens is 1. The van der Waals surface area contributed by atoms with Crippen molar-refractivity contribution in [1.82, 2.24) is 20.5 Å². The van der Waals surface area contributed by atoms with Gasteiger partial charge in [0.15, 0.2) is 0 Å². The number of amides is 1. The Bertz CT molecular complexity index is 523. The Hall–Kier alpha value is -1.64. The van der Waals surface area contributed by atoms with Crippen LogP contribution in [-0.2, 0) is 11.0 Å². The highest BCUT2D eigenvalue weighted by Crippen LogP contribution is 2.47. The highest BCUT2D eigenvalue weighted by atomic mass is 19.4. The van der Waals surface area contributed by atoms with Crippen molar-refractivity contribution in [3.05, 3.63) is 5.82 Å². The molecule has 1 aromatic heterocycles. The van der Waals surface area contributed by atoms with Crippen LogP contribution in [0.3, 0.4) is 0 Å². The summed E-state index contributed by atoms with van der Waals surface area (Å²) in [5, 5.41) is 10.8. The molecule has 1 aromatic rings. The Labute approximate surface area is 118 Å². The molecule has 0 spiro atoms. The number of rotatable bonds is 3. The summed E-state index contributed by atoms with van der Waals surface area (Å²) in [7, 11) is 0. The van der Waals surface area contributed by atoms with Crippen molar-refractivity contribution in [2.45, 2.75) is 25.4 Å². The van der Waals surface area contributed by atoms with Gasteiger partial charge in [-0.3, -0.25) is 15.2 Å². The van der Waals surface area contributed by atoms with Crippen LogP contribution in [0.4, 0.5) is 19.1 Å². The molecule has 2 aliphatic rings. The Kier molecular flexibility index (Phi) is 3.60. The molecule has 3 N–H and O–H groups in total. The van der Waals surface area contributed by atoms with Gasteiger partial charge < -0.3 is 5.32 Å². The van der Waals surface area contributed by atoms with Gasteiger partial charge in [0, 0.05) is 5.92 Å². The zero-order valence-corrected chi connectivity index (χ0v) is 11.2. The first-order valence-corrected chi connectivity index (χ1v) is 6.96. The third-order valence-corrected chi connectivity index (χ3v) is 4.15. The van der Waals surface area contributed by atoms with Gasteiger partial charge in [-0.25, -0.2) is 0 Å². The number of hydrogen-bond acceptors (Lipinski definition) is 4. The van der Waals surface area contributed by atoms with Crippen LogP contribution in [0.15, 0.2) is 0 Å². The van der Waals surface area contributed by atoms with Crippen LogP contribution in [0.2, 0.25) is 0 Å². The van der Waals surface area contributed by atoms with E-state index >= 15 is 0 Å². The van der Waals surface area contributed by atoms with Crippen LogP contribution in [-0.4, -0.2) is 34.2 Å². The van der Waals surface area contributed by atoms with E-state index in [0.717, 1.165) is 32.4 Å². The van der Waals surface area contributed by atoms with Gasteiger partial charge in [0.25, 0.3) is 0 Å². The monoisotopic (exact) mass is 303 g/mol. The number of piperidine rings is 1. The van der Waals surface area contributed by atoms with Crippen LogP contribution in [0.25, 0.3) is 0 Å². The molecule has 0 aromatic carbocycles. The topological polar surface area (TPSA) is 82.7 Å². The fourth-order valence-electron chi connectivity index (χ4n) is 2.96. The van der Waals surface area contributed by atoms with Crippen molar-refractivity contribution in [3.63, 3.8) is 0 Å². The Morgan fingerprint density at radius 2 is 2.00 bits per heavy atom. The van der Waals surface area contributed by atoms with E-state index in [0.29, 0.717) is 11.8 Å². The van der Waals surface area contributed by atoms with E-state index in [9.17, 15) is 18.0 Å². The average molecular weight is 303 g/mol. The largest absolute Gasteiger partial charge is 0.451 e. The second kappa shape index (κ2) is 5.28. The summed E-state index contributed by atoms with van der Waals surface area (Å²) in [6.45, 7) is 1.93. The van der Waals surface area contributed by atoms with Crippen molar-refractivity contribution < 1.29 is 18.0 Å². The molecule has 6 nitrogen and oxygen atoms in total.